The topological polar surface area (TPSA) is 53.6 Å². The van der Waals surface area contributed by atoms with E-state index in [-0.39, 0.29) is 5.91 Å². The third-order valence-corrected chi connectivity index (χ3v) is 3.26. The van der Waals surface area contributed by atoms with Crippen LogP contribution in [0.1, 0.15) is 13.3 Å². The number of amides is 1. The van der Waals surface area contributed by atoms with Crippen LogP contribution < -0.4 is 20.3 Å². The lowest BCUT2D eigenvalue weighted by molar-refractivity contribution is -0.125. The summed E-state index contributed by atoms with van der Waals surface area (Å²) in [5, 5.41) is 6.18. The number of rotatable bonds is 5. The van der Waals surface area contributed by atoms with Crippen molar-refractivity contribution in [2.24, 2.45) is 0 Å². The number of carbonyl (C=O) groups excluding carboxylic acids is 1. The Bertz CT molecular complexity index is 462. The van der Waals surface area contributed by atoms with Gasteiger partial charge in [-0.1, -0.05) is 0 Å². The number of benzene rings is 1. The van der Waals surface area contributed by atoms with E-state index in [1.807, 2.05) is 37.2 Å². The minimum atomic E-state index is -0.414. The second-order valence-corrected chi connectivity index (χ2v) is 4.64. The number of carbonyl (C=O) groups is 1. The van der Waals surface area contributed by atoms with Gasteiger partial charge >= 0.3 is 0 Å². The van der Waals surface area contributed by atoms with E-state index in [0.29, 0.717) is 6.54 Å². The molecule has 19 heavy (non-hydrogen) atoms. The SMILES string of the molecule is CNCCCN1C(=O)C(C)Oc2ccc(NC)cc21. The normalized spacial score (nSPS) is 17.9. The predicted molar refractivity (Wildman–Crippen MR) is 77.0 cm³/mol. The molecule has 1 aliphatic heterocycles. The van der Waals surface area contributed by atoms with E-state index in [2.05, 4.69) is 10.6 Å². The molecule has 1 aromatic carbocycles. The zero-order chi connectivity index (χ0) is 13.8. The van der Waals surface area contributed by atoms with Gasteiger partial charge in [0, 0.05) is 19.3 Å². The zero-order valence-electron chi connectivity index (χ0n) is 11.7. The van der Waals surface area contributed by atoms with Crippen LogP contribution in [0.15, 0.2) is 18.2 Å². The van der Waals surface area contributed by atoms with Gasteiger partial charge in [-0.2, -0.15) is 0 Å². The molecule has 0 spiro atoms. The highest BCUT2D eigenvalue weighted by molar-refractivity contribution is 6.00. The largest absolute Gasteiger partial charge is 0.479 e. The van der Waals surface area contributed by atoms with E-state index < -0.39 is 6.10 Å². The summed E-state index contributed by atoms with van der Waals surface area (Å²) in [6.45, 7) is 3.38. The molecular formula is C14H21N3O2. The van der Waals surface area contributed by atoms with Gasteiger partial charge in [-0.3, -0.25) is 4.79 Å². The van der Waals surface area contributed by atoms with Crippen LogP contribution >= 0.6 is 0 Å². The molecule has 1 heterocycles. The van der Waals surface area contributed by atoms with Gasteiger partial charge in [0.1, 0.15) is 5.75 Å². The Balaban J connectivity index is 2.27. The molecule has 5 heteroatoms. The number of anilines is 2. The molecule has 1 atom stereocenters. The Hall–Kier alpha value is -1.75. The highest BCUT2D eigenvalue weighted by atomic mass is 16.5. The molecule has 2 N–H and O–H groups in total. The molecule has 0 bridgehead atoms. The van der Waals surface area contributed by atoms with Crippen molar-refractivity contribution in [1.82, 2.24) is 5.32 Å². The monoisotopic (exact) mass is 263 g/mol. The minimum Gasteiger partial charge on any atom is -0.479 e. The molecule has 0 aromatic heterocycles. The first kappa shape index (κ1) is 13.7. The highest BCUT2D eigenvalue weighted by Gasteiger charge is 2.31. The van der Waals surface area contributed by atoms with Crippen LogP contribution in [0.5, 0.6) is 5.75 Å². The molecule has 0 saturated heterocycles. The molecule has 104 valence electrons. The van der Waals surface area contributed by atoms with E-state index in [4.69, 9.17) is 4.74 Å². The predicted octanol–water partition coefficient (Wildman–Crippen LogP) is 1.45. The molecule has 1 aromatic rings. The first-order chi connectivity index (χ1) is 9.17. The van der Waals surface area contributed by atoms with Crippen molar-refractivity contribution >= 4 is 17.3 Å². The maximum absolute atomic E-state index is 12.2. The fraction of sp³-hybridized carbons (Fsp3) is 0.500. The summed E-state index contributed by atoms with van der Waals surface area (Å²) >= 11 is 0. The molecule has 0 saturated carbocycles. The van der Waals surface area contributed by atoms with Crippen molar-refractivity contribution in [1.29, 1.82) is 0 Å². The molecule has 1 amide bonds. The van der Waals surface area contributed by atoms with Gasteiger partial charge in [-0.05, 0) is 45.1 Å². The summed E-state index contributed by atoms with van der Waals surface area (Å²) < 4.78 is 5.65. The van der Waals surface area contributed by atoms with Crippen LogP contribution in [-0.4, -0.2) is 39.2 Å². The second kappa shape index (κ2) is 5.93. The van der Waals surface area contributed by atoms with Crippen LogP contribution in [-0.2, 0) is 4.79 Å². The number of ether oxygens (including phenoxy) is 1. The Kier molecular flexibility index (Phi) is 4.27. The van der Waals surface area contributed by atoms with Crippen LogP contribution in [0.25, 0.3) is 0 Å². The van der Waals surface area contributed by atoms with E-state index in [0.717, 1.165) is 30.1 Å². The molecular weight excluding hydrogens is 242 g/mol. The van der Waals surface area contributed by atoms with Gasteiger partial charge in [0.2, 0.25) is 0 Å². The van der Waals surface area contributed by atoms with Crippen molar-refractivity contribution in [3.63, 3.8) is 0 Å². The Morgan fingerprint density at radius 1 is 1.37 bits per heavy atom. The van der Waals surface area contributed by atoms with Gasteiger partial charge in [-0.15, -0.1) is 0 Å². The Labute approximate surface area is 113 Å². The molecule has 0 radical (unpaired) electrons. The third-order valence-electron chi connectivity index (χ3n) is 3.26. The number of hydrogen-bond acceptors (Lipinski definition) is 4. The average molecular weight is 263 g/mol. The minimum absolute atomic E-state index is 0.0249. The van der Waals surface area contributed by atoms with Gasteiger partial charge in [0.05, 0.1) is 5.69 Å². The molecule has 5 nitrogen and oxygen atoms in total. The van der Waals surface area contributed by atoms with Crippen molar-refractivity contribution in [2.75, 3.05) is 37.4 Å². The standard InChI is InChI=1S/C14H21N3O2/c1-10-14(18)17(8-4-7-15-2)12-9-11(16-3)5-6-13(12)19-10/h5-6,9-10,15-16H,4,7-8H2,1-3H3. The van der Waals surface area contributed by atoms with E-state index in [1.165, 1.54) is 0 Å². The average Bonchev–Trinajstić information content (AvgIpc) is 2.43. The summed E-state index contributed by atoms with van der Waals surface area (Å²) in [6, 6.07) is 5.82. The van der Waals surface area contributed by atoms with Gasteiger partial charge in [-0.25, -0.2) is 0 Å². The van der Waals surface area contributed by atoms with E-state index >= 15 is 0 Å². The Morgan fingerprint density at radius 2 is 2.16 bits per heavy atom. The fourth-order valence-electron chi connectivity index (χ4n) is 2.21. The number of nitrogens with one attached hydrogen (secondary N) is 2. The summed E-state index contributed by atoms with van der Waals surface area (Å²) in [6.07, 6.45) is 0.501. The highest BCUT2D eigenvalue weighted by Crippen LogP contribution is 2.36. The fourth-order valence-corrected chi connectivity index (χ4v) is 2.21. The molecule has 2 rings (SSSR count). The Morgan fingerprint density at radius 3 is 2.84 bits per heavy atom. The maximum Gasteiger partial charge on any atom is 0.267 e. The van der Waals surface area contributed by atoms with Gasteiger partial charge in [0.25, 0.3) is 5.91 Å². The lowest BCUT2D eigenvalue weighted by atomic mass is 10.1. The summed E-state index contributed by atoms with van der Waals surface area (Å²) in [5.74, 6) is 0.799. The number of hydrogen-bond donors (Lipinski definition) is 2. The second-order valence-electron chi connectivity index (χ2n) is 4.64. The number of fused-ring (bicyclic) bond motifs is 1. The molecule has 0 aliphatic carbocycles. The number of nitrogens with zero attached hydrogens (tertiary/aromatic N) is 1. The van der Waals surface area contributed by atoms with Crippen LogP contribution in [0.4, 0.5) is 11.4 Å². The van der Waals surface area contributed by atoms with E-state index in [9.17, 15) is 4.79 Å². The van der Waals surface area contributed by atoms with Crippen molar-refractivity contribution in [2.45, 2.75) is 19.4 Å². The van der Waals surface area contributed by atoms with Gasteiger partial charge < -0.3 is 20.3 Å². The van der Waals surface area contributed by atoms with E-state index in [1.54, 1.807) is 6.92 Å². The molecule has 1 unspecified atom stereocenters. The first-order valence-corrected chi connectivity index (χ1v) is 6.62. The van der Waals surface area contributed by atoms with Crippen molar-refractivity contribution in [3.8, 4) is 5.75 Å². The maximum atomic E-state index is 12.2. The van der Waals surface area contributed by atoms with Crippen LogP contribution in [0.2, 0.25) is 0 Å². The van der Waals surface area contributed by atoms with Crippen LogP contribution in [0, 0.1) is 0 Å². The van der Waals surface area contributed by atoms with Crippen LogP contribution in [0.3, 0.4) is 0 Å². The molecule has 1 aliphatic rings. The summed E-state index contributed by atoms with van der Waals surface area (Å²) in [7, 11) is 3.78. The summed E-state index contributed by atoms with van der Waals surface area (Å²) in [5.41, 5.74) is 1.83. The van der Waals surface area contributed by atoms with Crippen molar-refractivity contribution < 1.29 is 9.53 Å². The van der Waals surface area contributed by atoms with Gasteiger partial charge in [0.15, 0.2) is 6.10 Å². The van der Waals surface area contributed by atoms with Crippen molar-refractivity contribution in [3.05, 3.63) is 18.2 Å². The zero-order valence-corrected chi connectivity index (χ0v) is 11.7. The lowest BCUT2D eigenvalue weighted by Gasteiger charge is -2.33. The first-order valence-electron chi connectivity index (χ1n) is 6.62. The summed E-state index contributed by atoms with van der Waals surface area (Å²) in [4.78, 5) is 14.1. The quantitative estimate of drug-likeness (QED) is 0.790. The third kappa shape index (κ3) is 2.81. The smallest absolute Gasteiger partial charge is 0.267 e. The molecule has 0 fully saturated rings. The lowest BCUT2D eigenvalue weighted by Crippen LogP contribution is -2.45.